The molecular formula is C7H12F5NO2. The molecule has 92 valence electrons. The molecule has 0 N–H and O–H groups in total. The van der Waals surface area contributed by atoms with Gasteiger partial charge in [0.15, 0.2) is 0 Å². The zero-order valence-corrected chi connectivity index (χ0v) is 8.01. The first-order valence-corrected chi connectivity index (χ1v) is 4.05. The molecule has 0 aromatic carbocycles. The molecule has 1 rings (SSSR count). The quantitative estimate of drug-likeness (QED) is 0.545. The SMILES string of the molecule is COC(F)(F)C(F)(F)N1CCOCC1.F. The standard InChI is InChI=1S/C7H11F4NO2.FH/c1-13-7(10,11)6(8,9)12-2-4-14-5-3-12;/h2-5H2,1H3;1H. The van der Waals surface area contributed by atoms with Crippen molar-refractivity contribution in [3.8, 4) is 0 Å². The van der Waals surface area contributed by atoms with E-state index < -0.39 is 12.2 Å². The van der Waals surface area contributed by atoms with Crippen LogP contribution in [-0.2, 0) is 9.47 Å². The van der Waals surface area contributed by atoms with Gasteiger partial charge in [0.25, 0.3) is 0 Å². The van der Waals surface area contributed by atoms with E-state index >= 15 is 0 Å². The first-order chi connectivity index (χ1) is 6.42. The molecule has 0 spiro atoms. The Kier molecular flexibility index (Phi) is 4.88. The van der Waals surface area contributed by atoms with Crippen molar-refractivity contribution in [1.82, 2.24) is 4.90 Å². The Hall–Kier alpha value is -0.470. The molecule has 0 aromatic heterocycles. The number of hydrogen-bond donors (Lipinski definition) is 0. The van der Waals surface area contributed by atoms with Gasteiger partial charge in [-0.25, -0.2) is 4.90 Å². The maximum Gasteiger partial charge on any atom is 0.434 e. The summed E-state index contributed by atoms with van der Waals surface area (Å²) in [6, 6.07) is -4.29. The Labute approximate surface area is 83.3 Å². The molecule has 0 saturated carbocycles. The first kappa shape index (κ1) is 14.5. The second kappa shape index (κ2) is 5.04. The van der Waals surface area contributed by atoms with Crippen LogP contribution >= 0.6 is 0 Å². The molecule has 1 saturated heterocycles. The smallest absolute Gasteiger partial charge is 0.379 e. The summed E-state index contributed by atoms with van der Waals surface area (Å²) in [7, 11) is 0.550. The molecule has 8 heteroatoms. The van der Waals surface area contributed by atoms with Gasteiger partial charge in [-0.3, -0.25) is 4.70 Å². The molecule has 0 bridgehead atoms. The van der Waals surface area contributed by atoms with Gasteiger partial charge < -0.3 is 9.47 Å². The lowest BCUT2D eigenvalue weighted by Gasteiger charge is -2.36. The number of rotatable bonds is 3. The number of ether oxygens (including phenoxy) is 2. The number of nitrogens with zero attached hydrogens (tertiary/aromatic N) is 1. The van der Waals surface area contributed by atoms with Crippen LogP contribution in [0.15, 0.2) is 0 Å². The fourth-order valence-corrected chi connectivity index (χ4v) is 1.15. The summed E-state index contributed by atoms with van der Waals surface area (Å²) in [4.78, 5) is 0.361. The molecule has 0 amide bonds. The van der Waals surface area contributed by atoms with Gasteiger partial charge in [0.05, 0.1) is 13.2 Å². The molecule has 1 heterocycles. The van der Waals surface area contributed by atoms with Crippen molar-refractivity contribution in [1.29, 1.82) is 0 Å². The van der Waals surface area contributed by atoms with Crippen molar-refractivity contribution in [3.63, 3.8) is 0 Å². The predicted molar refractivity (Wildman–Crippen MR) is 41.8 cm³/mol. The van der Waals surface area contributed by atoms with Crippen LogP contribution in [-0.4, -0.2) is 50.5 Å². The highest BCUT2D eigenvalue weighted by atomic mass is 19.3. The molecule has 15 heavy (non-hydrogen) atoms. The second-order valence-electron chi connectivity index (χ2n) is 2.86. The van der Waals surface area contributed by atoms with Crippen molar-refractivity contribution < 1.29 is 31.7 Å². The fraction of sp³-hybridized carbons (Fsp3) is 1.00. The van der Waals surface area contributed by atoms with E-state index in [0.717, 1.165) is 0 Å². The molecule has 0 aliphatic carbocycles. The van der Waals surface area contributed by atoms with E-state index in [1.54, 1.807) is 0 Å². The van der Waals surface area contributed by atoms with E-state index in [9.17, 15) is 17.6 Å². The lowest BCUT2D eigenvalue weighted by atomic mass is 10.3. The lowest BCUT2D eigenvalue weighted by molar-refractivity contribution is -0.386. The van der Waals surface area contributed by atoms with Crippen molar-refractivity contribution in [2.75, 3.05) is 33.4 Å². The molecule has 0 unspecified atom stereocenters. The van der Waals surface area contributed by atoms with E-state index in [0.29, 0.717) is 12.0 Å². The Bertz CT molecular complexity index is 196. The Balaban J connectivity index is 0.00000196. The number of halogens is 5. The summed E-state index contributed by atoms with van der Waals surface area (Å²) in [5.74, 6) is 0. The van der Waals surface area contributed by atoms with Gasteiger partial charge in [-0.05, 0) is 0 Å². The van der Waals surface area contributed by atoms with Gasteiger partial charge >= 0.3 is 12.2 Å². The van der Waals surface area contributed by atoms with Gasteiger partial charge in [-0.2, -0.15) is 17.6 Å². The minimum atomic E-state index is -4.47. The fourth-order valence-electron chi connectivity index (χ4n) is 1.15. The highest BCUT2D eigenvalue weighted by Crippen LogP contribution is 2.37. The molecule has 0 aromatic rings. The van der Waals surface area contributed by atoms with Crippen molar-refractivity contribution >= 4 is 0 Å². The summed E-state index contributed by atoms with van der Waals surface area (Å²) in [6.45, 7) is -0.414. The van der Waals surface area contributed by atoms with E-state index in [2.05, 4.69) is 4.74 Å². The maximum absolute atomic E-state index is 13.1. The van der Waals surface area contributed by atoms with E-state index in [1.165, 1.54) is 0 Å². The Morgan fingerprint density at radius 3 is 2.00 bits per heavy atom. The van der Waals surface area contributed by atoms with Crippen molar-refractivity contribution in [2.24, 2.45) is 0 Å². The van der Waals surface area contributed by atoms with E-state index in [1.807, 2.05) is 0 Å². The van der Waals surface area contributed by atoms with Gasteiger partial charge in [-0.1, -0.05) is 0 Å². The minimum Gasteiger partial charge on any atom is -0.379 e. The topological polar surface area (TPSA) is 21.7 Å². The van der Waals surface area contributed by atoms with Gasteiger partial charge in [-0.15, -0.1) is 0 Å². The number of hydrogen-bond acceptors (Lipinski definition) is 3. The first-order valence-electron chi connectivity index (χ1n) is 4.05. The third-order valence-electron chi connectivity index (χ3n) is 2.01. The highest BCUT2D eigenvalue weighted by Gasteiger charge is 2.61. The summed E-state index contributed by atoms with van der Waals surface area (Å²) in [5, 5.41) is 0. The van der Waals surface area contributed by atoms with Crippen LogP contribution in [0.1, 0.15) is 0 Å². The summed E-state index contributed by atoms with van der Waals surface area (Å²) in [5.41, 5.74) is 0. The van der Waals surface area contributed by atoms with Crippen molar-refractivity contribution in [3.05, 3.63) is 0 Å². The minimum absolute atomic E-state index is 0. The Morgan fingerprint density at radius 2 is 1.60 bits per heavy atom. The average molecular weight is 237 g/mol. The molecule has 1 aliphatic rings. The summed E-state index contributed by atoms with van der Waals surface area (Å²) >= 11 is 0. The molecule has 1 fully saturated rings. The van der Waals surface area contributed by atoms with Gasteiger partial charge in [0.1, 0.15) is 0 Å². The van der Waals surface area contributed by atoms with Crippen LogP contribution in [0.5, 0.6) is 0 Å². The largest absolute Gasteiger partial charge is 0.434 e. The number of morpholine rings is 1. The molecule has 1 aliphatic heterocycles. The monoisotopic (exact) mass is 237 g/mol. The second-order valence-corrected chi connectivity index (χ2v) is 2.86. The van der Waals surface area contributed by atoms with E-state index in [-0.39, 0.29) is 31.0 Å². The zero-order valence-electron chi connectivity index (χ0n) is 8.01. The van der Waals surface area contributed by atoms with Crippen molar-refractivity contribution in [2.45, 2.75) is 12.2 Å². The van der Waals surface area contributed by atoms with Gasteiger partial charge in [0.2, 0.25) is 0 Å². The number of alkyl halides is 4. The van der Waals surface area contributed by atoms with Crippen LogP contribution < -0.4 is 0 Å². The normalized spacial score (nSPS) is 19.8. The van der Waals surface area contributed by atoms with Crippen LogP contribution in [0.25, 0.3) is 0 Å². The third-order valence-corrected chi connectivity index (χ3v) is 2.01. The van der Waals surface area contributed by atoms with Crippen LogP contribution in [0.4, 0.5) is 22.3 Å². The lowest BCUT2D eigenvalue weighted by Crippen LogP contribution is -2.58. The predicted octanol–water partition coefficient (Wildman–Crippen LogP) is 1.30. The molecule has 0 atom stereocenters. The zero-order chi connectivity index (χ0) is 10.8. The third kappa shape index (κ3) is 2.76. The molecule has 3 nitrogen and oxygen atoms in total. The molecular weight excluding hydrogens is 225 g/mol. The highest BCUT2D eigenvalue weighted by molar-refractivity contribution is 4.79. The summed E-state index contributed by atoms with van der Waals surface area (Å²) in [6.07, 6.45) is -4.47. The Morgan fingerprint density at radius 1 is 1.13 bits per heavy atom. The number of methoxy groups -OCH3 is 1. The van der Waals surface area contributed by atoms with E-state index in [4.69, 9.17) is 4.74 Å². The molecule has 0 radical (unpaired) electrons. The average Bonchev–Trinajstić information content (AvgIpc) is 2.19. The van der Waals surface area contributed by atoms with Crippen LogP contribution in [0.3, 0.4) is 0 Å². The summed E-state index contributed by atoms with van der Waals surface area (Å²) < 4.78 is 59.8. The maximum atomic E-state index is 13.1. The van der Waals surface area contributed by atoms with Crippen LogP contribution in [0.2, 0.25) is 0 Å². The van der Waals surface area contributed by atoms with Crippen LogP contribution in [0, 0.1) is 0 Å². The van der Waals surface area contributed by atoms with Gasteiger partial charge in [0, 0.05) is 20.2 Å².